The number of thiocarbonyl (C=S) groups is 1. The Morgan fingerprint density at radius 3 is 2.82 bits per heavy atom. The molecule has 0 radical (unpaired) electrons. The normalized spacial score (nSPS) is 12.1. The molecule has 0 saturated carbocycles. The van der Waals surface area contributed by atoms with Crippen LogP contribution in [0.4, 0.5) is 0 Å². The second kappa shape index (κ2) is 6.29. The first-order chi connectivity index (χ1) is 8.04. The zero-order valence-corrected chi connectivity index (χ0v) is 10.7. The van der Waals surface area contributed by atoms with Gasteiger partial charge in [0, 0.05) is 13.0 Å². The average molecular weight is 256 g/mol. The van der Waals surface area contributed by atoms with Gasteiger partial charge in [0.2, 0.25) is 11.8 Å². The van der Waals surface area contributed by atoms with Gasteiger partial charge in [-0.25, -0.2) is 0 Å². The van der Waals surface area contributed by atoms with Crippen LogP contribution in [-0.4, -0.2) is 27.6 Å². The van der Waals surface area contributed by atoms with Crippen molar-refractivity contribution in [2.24, 2.45) is 11.7 Å². The van der Waals surface area contributed by atoms with E-state index in [0.717, 1.165) is 0 Å². The maximum absolute atomic E-state index is 11.7. The van der Waals surface area contributed by atoms with Crippen molar-refractivity contribution in [2.75, 3.05) is 6.54 Å². The lowest BCUT2D eigenvalue weighted by molar-refractivity contribution is -0.123. The van der Waals surface area contributed by atoms with E-state index >= 15 is 0 Å². The maximum atomic E-state index is 11.7. The highest BCUT2D eigenvalue weighted by molar-refractivity contribution is 7.80. The molecule has 1 amide bonds. The SMILES string of the molecule is CCC(C(=O)NCCc1nc(C)no1)C(N)=S. The van der Waals surface area contributed by atoms with E-state index in [1.54, 1.807) is 6.92 Å². The van der Waals surface area contributed by atoms with Gasteiger partial charge in [0.25, 0.3) is 0 Å². The summed E-state index contributed by atoms with van der Waals surface area (Å²) < 4.78 is 4.92. The van der Waals surface area contributed by atoms with Gasteiger partial charge < -0.3 is 15.6 Å². The zero-order valence-electron chi connectivity index (χ0n) is 9.90. The quantitative estimate of drug-likeness (QED) is 0.713. The minimum atomic E-state index is -0.408. The fourth-order valence-electron chi connectivity index (χ4n) is 1.37. The third-order valence-electron chi connectivity index (χ3n) is 2.28. The van der Waals surface area contributed by atoms with E-state index in [1.807, 2.05) is 6.92 Å². The summed E-state index contributed by atoms with van der Waals surface area (Å²) in [5, 5.41) is 6.39. The lowest BCUT2D eigenvalue weighted by atomic mass is 10.1. The number of amides is 1. The van der Waals surface area contributed by atoms with Crippen LogP contribution in [-0.2, 0) is 11.2 Å². The Bertz CT molecular complexity index is 405. The molecule has 0 spiro atoms. The van der Waals surface area contributed by atoms with Crippen molar-refractivity contribution in [1.82, 2.24) is 15.5 Å². The lowest BCUT2D eigenvalue weighted by Crippen LogP contribution is -2.38. The van der Waals surface area contributed by atoms with E-state index in [2.05, 4.69) is 15.5 Å². The molecule has 1 unspecified atom stereocenters. The van der Waals surface area contributed by atoms with Crippen molar-refractivity contribution in [3.05, 3.63) is 11.7 Å². The molecule has 0 aromatic carbocycles. The summed E-state index contributed by atoms with van der Waals surface area (Å²) in [6, 6.07) is 0. The Balaban J connectivity index is 2.35. The van der Waals surface area contributed by atoms with E-state index in [1.165, 1.54) is 0 Å². The van der Waals surface area contributed by atoms with Crippen molar-refractivity contribution in [3.8, 4) is 0 Å². The number of rotatable bonds is 6. The highest BCUT2D eigenvalue weighted by Gasteiger charge is 2.18. The van der Waals surface area contributed by atoms with Gasteiger partial charge in [-0.2, -0.15) is 4.98 Å². The molecular weight excluding hydrogens is 240 g/mol. The number of nitrogens with one attached hydrogen (secondary N) is 1. The summed E-state index contributed by atoms with van der Waals surface area (Å²) in [4.78, 5) is 15.9. The smallest absolute Gasteiger partial charge is 0.229 e. The number of carbonyl (C=O) groups is 1. The second-order valence-corrected chi connectivity index (χ2v) is 4.11. The topological polar surface area (TPSA) is 94.0 Å². The minimum Gasteiger partial charge on any atom is -0.393 e. The van der Waals surface area contributed by atoms with Crippen molar-refractivity contribution in [2.45, 2.75) is 26.7 Å². The first kappa shape index (κ1) is 13.6. The molecule has 7 heteroatoms. The summed E-state index contributed by atoms with van der Waals surface area (Å²) >= 11 is 4.82. The summed E-state index contributed by atoms with van der Waals surface area (Å²) in [5.41, 5.74) is 5.46. The molecule has 1 rings (SSSR count). The Morgan fingerprint density at radius 2 is 2.35 bits per heavy atom. The monoisotopic (exact) mass is 256 g/mol. The number of nitrogens with two attached hydrogens (primary N) is 1. The number of aryl methyl sites for hydroxylation is 1. The molecular formula is C10H16N4O2S. The van der Waals surface area contributed by atoms with Crippen molar-refractivity contribution < 1.29 is 9.32 Å². The van der Waals surface area contributed by atoms with Gasteiger partial charge in [-0.05, 0) is 13.3 Å². The van der Waals surface area contributed by atoms with Gasteiger partial charge in [0.05, 0.1) is 10.9 Å². The average Bonchev–Trinajstić information content (AvgIpc) is 2.64. The van der Waals surface area contributed by atoms with Crippen LogP contribution < -0.4 is 11.1 Å². The summed E-state index contributed by atoms with van der Waals surface area (Å²) in [6.07, 6.45) is 1.10. The molecule has 0 aliphatic rings. The molecule has 17 heavy (non-hydrogen) atoms. The summed E-state index contributed by atoms with van der Waals surface area (Å²) in [7, 11) is 0. The first-order valence-electron chi connectivity index (χ1n) is 5.40. The molecule has 1 aromatic rings. The molecule has 1 heterocycles. The van der Waals surface area contributed by atoms with E-state index in [9.17, 15) is 4.79 Å². The molecule has 0 aliphatic heterocycles. The summed E-state index contributed by atoms with van der Waals surface area (Å²) in [6.45, 7) is 4.04. The predicted molar refractivity (Wildman–Crippen MR) is 66.3 cm³/mol. The second-order valence-electron chi connectivity index (χ2n) is 3.64. The highest BCUT2D eigenvalue weighted by Crippen LogP contribution is 2.03. The van der Waals surface area contributed by atoms with Gasteiger partial charge in [-0.1, -0.05) is 24.3 Å². The van der Waals surface area contributed by atoms with Crippen LogP contribution in [0.2, 0.25) is 0 Å². The number of hydrogen-bond acceptors (Lipinski definition) is 5. The van der Waals surface area contributed by atoms with Crippen molar-refractivity contribution in [3.63, 3.8) is 0 Å². The molecule has 3 N–H and O–H groups in total. The van der Waals surface area contributed by atoms with E-state index < -0.39 is 5.92 Å². The Morgan fingerprint density at radius 1 is 1.65 bits per heavy atom. The van der Waals surface area contributed by atoms with E-state index in [-0.39, 0.29) is 10.9 Å². The Kier molecular flexibility index (Phi) is 5.02. The number of aromatic nitrogens is 2. The molecule has 1 atom stereocenters. The number of hydrogen-bond donors (Lipinski definition) is 2. The van der Waals surface area contributed by atoms with Crippen molar-refractivity contribution in [1.29, 1.82) is 0 Å². The van der Waals surface area contributed by atoms with Crippen LogP contribution in [0.3, 0.4) is 0 Å². The van der Waals surface area contributed by atoms with Gasteiger partial charge in [0.15, 0.2) is 5.82 Å². The van der Waals surface area contributed by atoms with Gasteiger partial charge >= 0.3 is 0 Å². The summed E-state index contributed by atoms with van der Waals surface area (Å²) in [5.74, 6) is 0.526. The molecule has 0 saturated heterocycles. The molecule has 1 aromatic heterocycles. The fourth-order valence-corrected chi connectivity index (χ4v) is 1.65. The molecule has 6 nitrogen and oxygen atoms in total. The van der Waals surface area contributed by atoms with Crippen LogP contribution >= 0.6 is 12.2 Å². The van der Waals surface area contributed by atoms with Crippen LogP contribution in [0.5, 0.6) is 0 Å². The Labute approximate surface area is 105 Å². The first-order valence-corrected chi connectivity index (χ1v) is 5.81. The van der Waals surface area contributed by atoms with Crippen LogP contribution in [0.1, 0.15) is 25.1 Å². The largest absolute Gasteiger partial charge is 0.393 e. The molecule has 0 fully saturated rings. The van der Waals surface area contributed by atoms with E-state index in [0.29, 0.717) is 31.1 Å². The molecule has 0 bridgehead atoms. The highest BCUT2D eigenvalue weighted by atomic mass is 32.1. The Hall–Kier alpha value is -1.50. The van der Waals surface area contributed by atoms with Crippen LogP contribution in [0, 0.1) is 12.8 Å². The van der Waals surface area contributed by atoms with Crippen molar-refractivity contribution >= 4 is 23.1 Å². The number of carbonyl (C=O) groups excluding carboxylic acids is 1. The predicted octanol–water partition coefficient (Wildman–Crippen LogP) is 0.349. The minimum absolute atomic E-state index is 0.156. The number of nitrogens with zero attached hydrogens (tertiary/aromatic N) is 2. The molecule has 0 aliphatic carbocycles. The van der Waals surface area contributed by atoms with Gasteiger partial charge in [-0.3, -0.25) is 4.79 Å². The van der Waals surface area contributed by atoms with Crippen LogP contribution in [0.25, 0.3) is 0 Å². The standard InChI is InChI=1S/C10H16N4O2S/c1-3-7(9(11)17)10(15)12-5-4-8-13-6(2)14-16-8/h7H,3-5H2,1-2H3,(H2,11,17)(H,12,15). The third-order valence-corrected chi connectivity index (χ3v) is 2.56. The van der Waals surface area contributed by atoms with Gasteiger partial charge in [-0.15, -0.1) is 0 Å². The maximum Gasteiger partial charge on any atom is 0.229 e. The fraction of sp³-hybridized carbons (Fsp3) is 0.600. The van der Waals surface area contributed by atoms with E-state index in [4.69, 9.17) is 22.5 Å². The third kappa shape index (κ3) is 4.10. The van der Waals surface area contributed by atoms with Crippen LogP contribution in [0.15, 0.2) is 4.52 Å². The zero-order chi connectivity index (χ0) is 12.8. The molecule has 94 valence electrons. The lowest BCUT2D eigenvalue weighted by Gasteiger charge is -2.12. The van der Waals surface area contributed by atoms with Gasteiger partial charge in [0.1, 0.15) is 0 Å².